The summed E-state index contributed by atoms with van der Waals surface area (Å²) in [7, 11) is 0. The van der Waals surface area contributed by atoms with E-state index in [1.165, 1.54) is 19.4 Å². The van der Waals surface area contributed by atoms with E-state index in [9.17, 15) is 29.4 Å². The van der Waals surface area contributed by atoms with Crippen molar-refractivity contribution in [2.45, 2.75) is 62.9 Å². The maximum absolute atomic E-state index is 13.0. The summed E-state index contributed by atoms with van der Waals surface area (Å²) < 4.78 is 0. The number of carbonyl (C=O) groups excluding carboxylic acids is 3. The van der Waals surface area contributed by atoms with E-state index in [0.29, 0.717) is 25.1 Å². The molecule has 0 saturated carbocycles. The summed E-state index contributed by atoms with van der Waals surface area (Å²) in [6, 6.07) is -4.72. The van der Waals surface area contributed by atoms with Crippen LogP contribution in [0.3, 0.4) is 0 Å². The molecule has 10 N–H and O–H groups in total. The van der Waals surface area contributed by atoms with Crippen molar-refractivity contribution in [3.05, 3.63) is 18.2 Å². The number of carboxylic acid groups (broad SMARTS) is 1. The third-order valence-electron chi connectivity index (χ3n) is 4.77. The topological polar surface area (TPSA) is 226 Å². The summed E-state index contributed by atoms with van der Waals surface area (Å²) in [6.07, 6.45) is 2.82. The number of thiol groups is 1. The first-order valence-corrected chi connectivity index (χ1v) is 11.1. The highest BCUT2D eigenvalue weighted by atomic mass is 32.1. The van der Waals surface area contributed by atoms with Crippen LogP contribution in [0.4, 0.5) is 0 Å². The minimum Gasteiger partial charge on any atom is -0.480 e. The number of hydrogen-bond acceptors (Lipinski definition) is 9. The fourth-order valence-electron chi connectivity index (χ4n) is 2.86. The summed E-state index contributed by atoms with van der Waals surface area (Å²) in [5.41, 5.74) is 11.7. The van der Waals surface area contributed by atoms with Crippen LogP contribution >= 0.6 is 12.6 Å². The molecule has 1 aromatic heterocycles. The summed E-state index contributed by atoms with van der Waals surface area (Å²) in [5, 5.41) is 26.2. The molecule has 1 aromatic rings. The quantitative estimate of drug-likeness (QED) is 0.0922. The summed E-state index contributed by atoms with van der Waals surface area (Å²) in [4.78, 5) is 56.0. The van der Waals surface area contributed by atoms with E-state index >= 15 is 0 Å². The van der Waals surface area contributed by atoms with Crippen molar-refractivity contribution in [2.24, 2.45) is 11.5 Å². The first-order chi connectivity index (χ1) is 15.6. The van der Waals surface area contributed by atoms with Gasteiger partial charge in [0, 0.05) is 24.1 Å². The van der Waals surface area contributed by atoms with E-state index in [-0.39, 0.29) is 18.6 Å². The van der Waals surface area contributed by atoms with Crippen molar-refractivity contribution in [3.8, 4) is 0 Å². The SMILES string of the molecule is CC(O)C(NC(=O)C(Cc1cnc[nH]1)NC(=O)C(CCCCN)NC(=O)C(N)CS)C(=O)O. The van der Waals surface area contributed by atoms with E-state index in [1.54, 1.807) is 0 Å². The van der Waals surface area contributed by atoms with Crippen molar-refractivity contribution in [1.29, 1.82) is 0 Å². The van der Waals surface area contributed by atoms with Crippen LogP contribution in [0.15, 0.2) is 12.5 Å². The zero-order valence-electron chi connectivity index (χ0n) is 18.4. The molecule has 33 heavy (non-hydrogen) atoms. The number of hydrogen-bond donors (Lipinski definition) is 9. The highest BCUT2D eigenvalue weighted by Gasteiger charge is 2.32. The fourth-order valence-corrected chi connectivity index (χ4v) is 3.03. The molecule has 3 amide bonds. The van der Waals surface area contributed by atoms with E-state index in [0.717, 1.165) is 0 Å². The standard InChI is InChI=1S/C19H33N7O6S/c1-10(27)15(19(31)32)26-18(30)14(6-11-7-22-9-23-11)25-17(29)13(4-2-3-5-20)24-16(28)12(21)8-33/h7,9-10,12-15,27,33H,2-6,8,20-21H2,1H3,(H,22,23)(H,24,28)(H,25,29)(H,26,30)(H,31,32). The van der Waals surface area contributed by atoms with Crippen molar-refractivity contribution in [2.75, 3.05) is 12.3 Å². The number of aromatic amines is 1. The number of aliphatic hydroxyl groups is 1. The first kappa shape index (κ1) is 28.4. The molecular weight excluding hydrogens is 454 g/mol. The minimum absolute atomic E-state index is 0.0384. The summed E-state index contributed by atoms with van der Waals surface area (Å²) in [6.45, 7) is 1.62. The third kappa shape index (κ3) is 9.77. The van der Waals surface area contributed by atoms with Crippen LogP contribution in [0, 0.1) is 0 Å². The van der Waals surface area contributed by atoms with E-state index in [4.69, 9.17) is 11.5 Å². The average Bonchev–Trinajstić information content (AvgIpc) is 3.28. The monoisotopic (exact) mass is 487 g/mol. The van der Waals surface area contributed by atoms with Crippen molar-refractivity contribution in [3.63, 3.8) is 0 Å². The van der Waals surface area contributed by atoms with Gasteiger partial charge in [0.1, 0.15) is 12.1 Å². The second-order valence-electron chi connectivity index (χ2n) is 7.54. The van der Waals surface area contributed by atoms with Crippen LogP contribution < -0.4 is 27.4 Å². The molecular formula is C19H33N7O6S. The van der Waals surface area contributed by atoms with E-state index < -0.39 is 54.0 Å². The van der Waals surface area contributed by atoms with Gasteiger partial charge in [0.2, 0.25) is 17.7 Å². The summed E-state index contributed by atoms with van der Waals surface area (Å²) >= 11 is 3.98. The number of aromatic nitrogens is 2. The van der Waals surface area contributed by atoms with Crippen LogP contribution in [0.5, 0.6) is 0 Å². The minimum atomic E-state index is -1.58. The lowest BCUT2D eigenvalue weighted by Gasteiger charge is -2.25. The maximum atomic E-state index is 13.0. The second kappa shape index (κ2) is 14.5. The predicted molar refractivity (Wildman–Crippen MR) is 122 cm³/mol. The zero-order chi connectivity index (χ0) is 25.0. The lowest BCUT2D eigenvalue weighted by Crippen LogP contribution is -2.59. The number of imidazole rings is 1. The number of H-pyrrole nitrogens is 1. The van der Waals surface area contributed by atoms with Crippen LogP contribution in [-0.4, -0.2) is 86.4 Å². The molecule has 1 rings (SSSR count). The van der Waals surface area contributed by atoms with Gasteiger partial charge in [-0.1, -0.05) is 0 Å². The first-order valence-electron chi connectivity index (χ1n) is 10.5. The molecule has 5 unspecified atom stereocenters. The van der Waals surface area contributed by atoms with Crippen molar-refractivity contribution < 1.29 is 29.4 Å². The third-order valence-corrected chi connectivity index (χ3v) is 5.16. The number of rotatable bonds is 15. The lowest BCUT2D eigenvalue weighted by atomic mass is 10.1. The van der Waals surface area contributed by atoms with Gasteiger partial charge in [0.25, 0.3) is 0 Å². The molecule has 0 saturated heterocycles. The number of aliphatic hydroxyl groups excluding tert-OH is 1. The number of nitrogens with one attached hydrogen (secondary N) is 4. The Labute approximate surface area is 196 Å². The van der Waals surface area contributed by atoms with Crippen LogP contribution in [0.2, 0.25) is 0 Å². The molecule has 13 nitrogen and oxygen atoms in total. The van der Waals surface area contributed by atoms with Gasteiger partial charge in [-0.05, 0) is 32.7 Å². The second-order valence-corrected chi connectivity index (χ2v) is 7.91. The van der Waals surface area contributed by atoms with Gasteiger partial charge in [-0.25, -0.2) is 9.78 Å². The van der Waals surface area contributed by atoms with Crippen LogP contribution in [0.1, 0.15) is 31.9 Å². The van der Waals surface area contributed by atoms with Gasteiger partial charge in [-0.3, -0.25) is 14.4 Å². The number of unbranched alkanes of at least 4 members (excludes halogenated alkanes) is 1. The highest BCUT2D eigenvalue weighted by molar-refractivity contribution is 7.80. The number of carboxylic acids is 1. The molecule has 14 heteroatoms. The fraction of sp³-hybridized carbons (Fsp3) is 0.632. The largest absolute Gasteiger partial charge is 0.480 e. The molecule has 0 radical (unpaired) electrons. The molecule has 0 aliphatic carbocycles. The molecule has 0 aromatic carbocycles. The normalized spacial score (nSPS) is 15.5. The molecule has 0 bridgehead atoms. The van der Waals surface area contributed by atoms with Gasteiger partial charge >= 0.3 is 5.97 Å². The number of amides is 3. The summed E-state index contributed by atoms with van der Waals surface area (Å²) in [5.74, 6) is -3.42. The Morgan fingerprint density at radius 1 is 1.12 bits per heavy atom. The lowest BCUT2D eigenvalue weighted by molar-refractivity contribution is -0.145. The zero-order valence-corrected chi connectivity index (χ0v) is 19.3. The average molecular weight is 488 g/mol. The molecule has 0 fully saturated rings. The molecule has 0 aliphatic rings. The van der Waals surface area contributed by atoms with Gasteiger partial charge in [0.15, 0.2) is 6.04 Å². The number of aliphatic carboxylic acids is 1. The Morgan fingerprint density at radius 3 is 2.27 bits per heavy atom. The van der Waals surface area contributed by atoms with Gasteiger partial charge < -0.3 is 42.6 Å². The van der Waals surface area contributed by atoms with Crippen molar-refractivity contribution >= 4 is 36.3 Å². The van der Waals surface area contributed by atoms with Gasteiger partial charge in [-0.2, -0.15) is 12.6 Å². The Kier molecular flexibility index (Phi) is 12.4. The van der Waals surface area contributed by atoms with Crippen LogP contribution in [-0.2, 0) is 25.6 Å². The van der Waals surface area contributed by atoms with Gasteiger partial charge in [-0.15, -0.1) is 0 Å². The molecule has 0 spiro atoms. The van der Waals surface area contributed by atoms with E-state index in [1.807, 2.05) is 0 Å². The Bertz CT molecular complexity index is 777. The number of nitrogens with zero attached hydrogens (tertiary/aromatic N) is 1. The number of nitrogens with two attached hydrogens (primary N) is 2. The van der Waals surface area contributed by atoms with E-state index in [2.05, 4.69) is 38.5 Å². The molecule has 186 valence electrons. The maximum Gasteiger partial charge on any atom is 0.328 e. The van der Waals surface area contributed by atoms with Crippen LogP contribution in [0.25, 0.3) is 0 Å². The molecule has 1 heterocycles. The predicted octanol–water partition coefficient (Wildman–Crippen LogP) is -2.74. The Balaban J connectivity index is 3.04. The number of carbonyl (C=O) groups is 4. The highest BCUT2D eigenvalue weighted by Crippen LogP contribution is 2.06. The Morgan fingerprint density at radius 2 is 1.76 bits per heavy atom. The van der Waals surface area contributed by atoms with Gasteiger partial charge in [0.05, 0.1) is 18.5 Å². The van der Waals surface area contributed by atoms with Crippen molar-refractivity contribution in [1.82, 2.24) is 25.9 Å². The Hall–Kier alpha value is -2.68. The molecule has 0 aliphatic heterocycles. The smallest absolute Gasteiger partial charge is 0.328 e. The molecule has 5 atom stereocenters.